The molecule has 0 aromatic heterocycles. The molecular formula is C29H39F3N4O6S. The fraction of sp³-hybridized carbons (Fsp3) is 0.517. The number of thioether (sulfide) groups is 1. The maximum atomic E-state index is 13.5. The summed E-state index contributed by atoms with van der Waals surface area (Å²) in [6.07, 6.45) is -1.01. The minimum absolute atomic E-state index is 0.0459. The molecule has 4 N–H and O–H groups in total. The van der Waals surface area contributed by atoms with Gasteiger partial charge in [-0.3, -0.25) is 14.5 Å². The number of carbonyl (C=O) groups is 4. The van der Waals surface area contributed by atoms with E-state index in [4.69, 9.17) is 9.90 Å². The lowest BCUT2D eigenvalue weighted by Gasteiger charge is -2.35. The molecule has 0 radical (unpaired) electrons. The number of aliphatic carboxylic acids is 2. The van der Waals surface area contributed by atoms with Crippen LogP contribution in [-0.4, -0.2) is 114 Å². The Morgan fingerprint density at radius 2 is 1.72 bits per heavy atom. The first-order valence-electron chi connectivity index (χ1n) is 13.7. The lowest BCUT2D eigenvalue weighted by molar-refractivity contribution is -0.192. The van der Waals surface area contributed by atoms with Crippen molar-refractivity contribution in [3.05, 3.63) is 48.0 Å². The number of likely N-dealkylation sites (N-methyl/N-ethyl adjacent to an activating group) is 1. The van der Waals surface area contributed by atoms with Gasteiger partial charge in [-0.15, -0.1) is 0 Å². The normalized spacial score (nSPS) is 16.4. The fourth-order valence-electron chi connectivity index (χ4n) is 4.89. The molecule has 0 bridgehead atoms. The highest BCUT2D eigenvalue weighted by molar-refractivity contribution is 7.98. The second-order valence-electron chi connectivity index (χ2n) is 10.4. The van der Waals surface area contributed by atoms with E-state index < -0.39 is 30.2 Å². The average Bonchev–Trinajstić information content (AvgIpc) is 3.45. The predicted octanol–water partition coefficient (Wildman–Crippen LogP) is 2.85. The molecule has 1 heterocycles. The molecule has 10 nitrogen and oxygen atoms in total. The van der Waals surface area contributed by atoms with Crippen LogP contribution in [0.4, 0.5) is 13.2 Å². The number of Topliss-reactive ketones (excluding diaryl/α,β-unsaturated/α-hetero) is 1. The van der Waals surface area contributed by atoms with Crippen molar-refractivity contribution in [2.24, 2.45) is 0 Å². The molecular weight excluding hydrogens is 589 g/mol. The number of carbonyl (C=O) groups excluding carboxylic acids is 2. The number of hydrogen-bond donors (Lipinski definition) is 4. The molecule has 14 heteroatoms. The third-order valence-corrected chi connectivity index (χ3v) is 7.41. The van der Waals surface area contributed by atoms with E-state index in [9.17, 15) is 32.7 Å². The zero-order valence-electron chi connectivity index (χ0n) is 24.4. The number of benzene rings is 2. The third-order valence-electron chi connectivity index (χ3n) is 6.76. The van der Waals surface area contributed by atoms with E-state index in [-0.39, 0.29) is 30.8 Å². The Kier molecular flexibility index (Phi) is 14.4. The van der Waals surface area contributed by atoms with E-state index in [1.165, 1.54) is 11.8 Å². The van der Waals surface area contributed by atoms with Gasteiger partial charge in [0, 0.05) is 12.6 Å². The van der Waals surface area contributed by atoms with Crippen molar-refractivity contribution >= 4 is 46.2 Å². The average molecular weight is 629 g/mol. The molecule has 0 saturated carbocycles. The van der Waals surface area contributed by atoms with Crippen LogP contribution in [0.5, 0.6) is 0 Å². The van der Waals surface area contributed by atoms with E-state index in [2.05, 4.69) is 16.7 Å². The Labute approximate surface area is 253 Å². The van der Waals surface area contributed by atoms with Gasteiger partial charge in [0.25, 0.3) is 0 Å². The van der Waals surface area contributed by atoms with E-state index in [0.717, 1.165) is 35.7 Å². The van der Waals surface area contributed by atoms with Crippen molar-refractivity contribution in [1.82, 2.24) is 20.4 Å². The first-order chi connectivity index (χ1) is 20.2. The van der Waals surface area contributed by atoms with Gasteiger partial charge in [0.05, 0.1) is 19.1 Å². The topological polar surface area (TPSA) is 139 Å². The number of carboxylic acid groups (broad SMARTS) is 2. The van der Waals surface area contributed by atoms with Crippen LogP contribution < -0.4 is 10.6 Å². The Morgan fingerprint density at radius 3 is 2.28 bits per heavy atom. The standard InChI is InChI=1S/C27H38N4O4S.C2HF3O2/c1-30(2)17-24(32)26(22-12-7-14-28-22)31(18-25(33)29-23(27(34)35)13-15-36-3)16-20-10-6-9-19-8-4-5-11-21(19)20;3-2(4,5)1(6)7/h4-6,8-11,22-23,26,28H,7,12-18H2,1-3H3,(H,29,33)(H,34,35);(H,6,7)/t22-,23-,26?;/m0./s1. The molecule has 0 aliphatic carbocycles. The van der Waals surface area contributed by atoms with E-state index >= 15 is 0 Å². The Hall–Kier alpha value is -3.20. The number of rotatable bonds is 14. The molecule has 3 atom stereocenters. The van der Waals surface area contributed by atoms with E-state index in [0.29, 0.717) is 18.7 Å². The summed E-state index contributed by atoms with van der Waals surface area (Å²) in [6.45, 7) is 1.44. The molecule has 1 unspecified atom stereocenters. The molecule has 0 spiro atoms. The highest BCUT2D eigenvalue weighted by Gasteiger charge is 2.38. The van der Waals surface area contributed by atoms with Crippen molar-refractivity contribution in [3.8, 4) is 0 Å². The Bertz CT molecular complexity index is 1230. The van der Waals surface area contributed by atoms with Gasteiger partial charge in [-0.25, -0.2) is 9.59 Å². The van der Waals surface area contributed by atoms with Crippen LogP contribution in [0.1, 0.15) is 24.8 Å². The van der Waals surface area contributed by atoms with Crippen LogP contribution in [0.15, 0.2) is 42.5 Å². The molecule has 3 rings (SSSR count). The van der Waals surface area contributed by atoms with Crippen LogP contribution in [-0.2, 0) is 25.7 Å². The second kappa shape index (κ2) is 17.2. The van der Waals surface area contributed by atoms with Crippen molar-refractivity contribution in [3.63, 3.8) is 0 Å². The SMILES string of the molecule is CSCC[C@H](NC(=O)CN(Cc1cccc2ccccc12)C(C(=O)CN(C)C)[C@@H]1CCCN1)C(=O)O.O=C(O)C(F)(F)F. The van der Waals surface area contributed by atoms with Gasteiger partial charge in [0.2, 0.25) is 5.91 Å². The Balaban J connectivity index is 0.000000821. The first-order valence-corrected chi connectivity index (χ1v) is 15.1. The number of halogens is 3. The van der Waals surface area contributed by atoms with Gasteiger partial charge in [-0.05, 0) is 68.2 Å². The molecule has 1 aliphatic heterocycles. The summed E-state index contributed by atoms with van der Waals surface area (Å²) in [5.74, 6) is -3.51. The van der Waals surface area contributed by atoms with E-state index in [1.807, 2.05) is 66.5 Å². The summed E-state index contributed by atoms with van der Waals surface area (Å²) in [4.78, 5) is 51.1. The van der Waals surface area contributed by atoms with Gasteiger partial charge in [0.1, 0.15) is 6.04 Å². The number of nitrogens with zero attached hydrogens (tertiary/aromatic N) is 2. The summed E-state index contributed by atoms with van der Waals surface area (Å²) < 4.78 is 31.7. The summed E-state index contributed by atoms with van der Waals surface area (Å²) in [7, 11) is 3.73. The quantitative estimate of drug-likeness (QED) is 0.247. The molecule has 1 amide bonds. The summed E-state index contributed by atoms with van der Waals surface area (Å²) in [5.41, 5.74) is 1.03. The number of carboxylic acids is 2. The fourth-order valence-corrected chi connectivity index (χ4v) is 5.36. The summed E-state index contributed by atoms with van der Waals surface area (Å²) >= 11 is 1.54. The van der Waals surface area contributed by atoms with Crippen LogP contribution in [0.25, 0.3) is 10.8 Å². The van der Waals surface area contributed by atoms with Gasteiger partial charge < -0.3 is 25.7 Å². The lowest BCUT2D eigenvalue weighted by atomic mass is 9.97. The predicted molar refractivity (Wildman–Crippen MR) is 159 cm³/mol. The summed E-state index contributed by atoms with van der Waals surface area (Å²) in [5, 5.41) is 25.1. The minimum Gasteiger partial charge on any atom is -0.480 e. The van der Waals surface area contributed by atoms with Crippen LogP contribution in [0.3, 0.4) is 0 Å². The lowest BCUT2D eigenvalue weighted by Crippen LogP contribution is -2.57. The molecule has 1 aliphatic rings. The zero-order chi connectivity index (χ0) is 32.2. The smallest absolute Gasteiger partial charge is 0.480 e. The number of hydrogen-bond acceptors (Lipinski definition) is 8. The second-order valence-corrected chi connectivity index (χ2v) is 11.4. The minimum atomic E-state index is -5.08. The largest absolute Gasteiger partial charge is 0.490 e. The van der Waals surface area contributed by atoms with Crippen molar-refractivity contribution in [1.29, 1.82) is 0 Å². The molecule has 2 aromatic rings. The monoisotopic (exact) mass is 628 g/mol. The maximum absolute atomic E-state index is 13.5. The molecule has 43 heavy (non-hydrogen) atoms. The highest BCUT2D eigenvalue weighted by atomic mass is 32.2. The van der Waals surface area contributed by atoms with E-state index in [1.54, 1.807) is 0 Å². The Morgan fingerprint density at radius 1 is 1.07 bits per heavy atom. The number of ketones is 1. The van der Waals surface area contributed by atoms with Crippen LogP contribution in [0, 0.1) is 0 Å². The number of alkyl halides is 3. The number of nitrogens with one attached hydrogen (secondary N) is 2. The number of fused-ring (bicyclic) bond motifs is 1. The maximum Gasteiger partial charge on any atom is 0.490 e. The third kappa shape index (κ3) is 11.8. The molecule has 2 aromatic carbocycles. The van der Waals surface area contributed by atoms with Crippen molar-refractivity contribution in [2.45, 2.75) is 50.1 Å². The molecule has 1 saturated heterocycles. The van der Waals surface area contributed by atoms with Gasteiger partial charge in [-0.1, -0.05) is 42.5 Å². The van der Waals surface area contributed by atoms with Crippen LogP contribution in [0.2, 0.25) is 0 Å². The number of amides is 1. The van der Waals surface area contributed by atoms with Gasteiger partial charge >= 0.3 is 18.1 Å². The van der Waals surface area contributed by atoms with Crippen molar-refractivity contribution < 1.29 is 42.6 Å². The summed E-state index contributed by atoms with van der Waals surface area (Å²) in [6, 6.07) is 12.6. The van der Waals surface area contributed by atoms with Crippen molar-refractivity contribution in [2.75, 3.05) is 45.7 Å². The highest BCUT2D eigenvalue weighted by Crippen LogP contribution is 2.24. The molecule has 238 valence electrons. The van der Waals surface area contributed by atoms with Gasteiger partial charge in [0.15, 0.2) is 5.78 Å². The van der Waals surface area contributed by atoms with Crippen LogP contribution >= 0.6 is 11.8 Å². The zero-order valence-corrected chi connectivity index (χ0v) is 25.2. The molecule has 1 fully saturated rings. The van der Waals surface area contributed by atoms with Gasteiger partial charge in [-0.2, -0.15) is 24.9 Å². The first kappa shape index (κ1) is 36.0.